The van der Waals surface area contributed by atoms with Crippen LogP contribution in [0.2, 0.25) is 0 Å². The maximum Gasteiger partial charge on any atom is 0.287 e. The SMILES string of the molecule is N#Cc1c([N+](=O)[O-])ccc(C(N)=O)c1C=O. The number of rotatable bonds is 3. The Labute approximate surface area is 89.2 Å². The van der Waals surface area contributed by atoms with E-state index in [0.717, 1.165) is 12.1 Å². The van der Waals surface area contributed by atoms with Crippen molar-refractivity contribution in [2.75, 3.05) is 0 Å². The van der Waals surface area contributed by atoms with Crippen molar-refractivity contribution in [3.8, 4) is 6.07 Å². The van der Waals surface area contributed by atoms with Gasteiger partial charge in [0.05, 0.1) is 16.1 Å². The average Bonchev–Trinajstić information content (AvgIpc) is 2.26. The number of carbonyl (C=O) groups is 2. The third kappa shape index (κ3) is 1.72. The van der Waals surface area contributed by atoms with E-state index in [9.17, 15) is 19.7 Å². The minimum atomic E-state index is -0.923. The van der Waals surface area contributed by atoms with Crippen LogP contribution in [0.4, 0.5) is 5.69 Å². The summed E-state index contributed by atoms with van der Waals surface area (Å²) in [6, 6.07) is 3.52. The lowest BCUT2D eigenvalue weighted by atomic mass is 10.0. The Morgan fingerprint density at radius 1 is 1.56 bits per heavy atom. The van der Waals surface area contributed by atoms with E-state index in [2.05, 4.69) is 0 Å². The lowest BCUT2D eigenvalue weighted by Gasteiger charge is -2.02. The fourth-order valence-corrected chi connectivity index (χ4v) is 1.21. The van der Waals surface area contributed by atoms with Gasteiger partial charge in [-0.1, -0.05) is 0 Å². The van der Waals surface area contributed by atoms with Crippen molar-refractivity contribution in [3.05, 3.63) is 38.9 Å². The highest BCUT2D eigenvalue weighted by Crippen LogP contribution is 2.23. The summed E-state index contributed by atoms with van der Waals surface area (Å²) in [4.78, 5) is 31.4. The number of hydrogen-bond acceptors (Lipinski definition) is 5. The predicted molar refractivity (Wildman–Crippen MR) is 51.7 cm³/mol. The van der Waals surface area contributed by atoms with Crippen molar-refractivity contribution in [1.29, 1.82) is 5.26 Å². The van der Waals surface area contributed by atoms with Crippen LogP contribution in [0.15, 0.2) is 12.1 Å². The highest BCUT2D eigenvalue weighted by Gasteiger charge is 2.22. The van der Waals surface area contributed by atoms with Crippen molar-refractivity contribution < 1.29 is 14.5 Å². The zero-order valence-electron chi connectivity index (χ0n) is 7.84. The molecule has 80 valence electrons. The van der Waals surface area contributed by atoms with Crippen molar-refractivity contribution in [2.24, 2.45) is 5.73 Å². The molecule has 0 aromatic heterocycles. The van der Waals surface area contributed by atoms with Gasteiger partial charge in [-0.25, -0.2) is 0 Å². The summed E-state index contributed by atoms with van der Waals surface area (Å²) in [5, 5.41) is 19.3. The molecule has 2 N–H and O–H groups in total. The third-order valence-corrected chi connectivity index (χ3v) is 1.92. The lowest BCUT2D eigenvalue weighted by Crippen LogP contribution is -2.15. The van der Waals surface area contributed by atoms with Crippen LogP contribution >= 0.6 is 0 Å². The van der Waals surface area contributed by atoms with Gasteiger partial charge in [0.2, 0.25) is 5.91 Å². The quantitative estimate of drug-likeness (QED) is 0.446. The number of nitro benzene ring substituents is 1. The molecule has 1 aromatic carbocycles. The minimum absolute atomic E-state index is 0.200. The molecule has 0 aliphatic rings. The van der Waals surface area contributed by atoms with Gasteiger partial charge in [-0.05, 0) is 6.07 Å². The average molecular weight is 219 g/mol. The van der Waals surface area contributed by atoms with E-state index in [1.165, 1.54) is 6.07 Å². The molecule has 0 atom stereocenters. The van der Waals surface area contributed by atoms with E-state index in [1.807, 2.05) is 0 Å². The van der Waals surface area contributed by atoms with Crippen molar-refractivity contribution >= 4 is 17.9 Å². The second-order valence-corrected chi connectivity index (χ2v) is 2.77. The number of amides is 1. The number of carbonyl (C=O) groups excluding carboxylic acids is 2. The Balaban J connectivity index is 3.67. The molecule has 1 amide bonds. The molecule has 1 rings (SSSR count). The molecule has 0 saturated carbocycles. The van der Waals surface area contributed by atoms with Gasteiger partial charge >= 0.3 is 0 Å². The van der Waals surface area contributed by atoms with Gasteiger partial charge < -0.3 is 5.73 Å². The number of aldehydes is 1. The van der Waals surface area contributed by atoms with E-state index in [0.29, 0.717) is 0 Å². The molecule has 7 heteroatoms. The van der Waals surface area contributed by atoms with E-state index in [4.69, 9.17) is 11.0 Å². The Morgan fingerprint density at radius 2 is 2.19 bits per heavy atom. The first-order chi connectivity index (χ1) is 7.52. The summed E-state index contributed by atoms with van der Waals surface area (Å²) < 4.78 is 0. The summed E-state index contributed by atoms with van der Waals surface area (Å²) in [7, 11) is 0. The van der Waals surface area contributed by atoms with Gasteiger partial charge in [0.15, 0.2) is 6.29 Å². The standard InChI is InChI=1S/C9H5N3O4/c10-3-6-7(4-13)5(9(11)14)1-2-8(6)12(15)16/h1-2,4H,(H2,11,14). The molecular weight excluding hydrogens is 214 g/mol. The molecule has 0 fully saturated rings. The molecule has 0 saturated heterocycles. The van der Waals surface area contributed by atoms with Crippen LogP contribution in [0.1, 0.15) is 26.3 Å². The highest BCUT2D eigenvalue weighted by molar-refractivity contribution is 6.02. The summed E-state index contributed by atoms with van der Waals surface area (Å²) in [6.45, 7) is 0. The van der Waals surface area contributed by atoms with Crippen LogP contribution in [0, 0.1) is 21.4 Å². The number of nitrogens with zero attached hydrogens (tertiary/aromatic N) is 2. The van der Waals surface area contributed by atoms with Gasteiger partial charge in [-0.2, -0.15) is 5.26 Å². The fourth-order valence-electron chi connectivity index (χ4n) is 1.21. The zero-order valence-corrected chi connectivity index (χ0v) is 7.84. The number of hydrogen-bond donors (Lipinski definition) is 1. The zero-order chi connectivity index (χ0) is 12.3. The Kier molecular flexibility index (Phi) is 2.96. The number of primary amides is 1. The maximum atomic E-state index is 10.9. The summed E-state index contributed by atoms with van der Waals surface area (Å²) in [5.74, 6) is -0.923. The summed E-state index contributed by atoms with van der Waals surface area (Å²) in [5.41, 5.74) is 3.40. The molecule has 0 aliphatic heterocycles. The second-order valence-electron chi connectivity index (χ2n) is 2.77. The van der Waals surface area contributed by atoms with Crippen molar-refractivity contribution in [1.82, 2.24) is 0 Å². The van der Waals surface area contributed by atoms with Gasteiger partial charge in [0, 0.05) is 6.07 Å². The maximum absolute atomic E-state index is 10.9. The van der Waals surface area contributed by atoms with Crippen LogP contribution in [0.25, 0.3) is 0 Å². The first-order valence-corrected chi connectivity index (χ1v) is 3.99. The Hall–Kier alpha value is -2.75. The van der Waals surface area contributed by atoms with Crippen LogP contribution in [-0.4, -0.2) is 17.1 Å². The first-order valence-electron chi connectivity index (χ1n) is 3.99. The molecule has 7 nitrogen and oxygen atoms in total. The number of nitrogens with two attached hydrogens (primary N) is 1. The van der Waals surface area contributed by atoms with E-state index in [1.54, 1.807) is 0 Å². The van der Waals surface area contributed by atoms with Crippen LogP contribution in [0.3, 0.4) is 0 Å². The Morgan fingerprint density at radius 3 is 2.56 bits per heavy atom. The molecule has 0 bridgehead atoms. The molecule has 0 unspecified atom stereocenters. The lowest BCUT2D eigenvalue weighted by molar-refractivity contribution is -0.385. The molecule has 0 radical (unpaired) electrons. The normalized spacial score (nSPS) is 9.19. The van der Waals surface area contributed by atoms with Gasteiger partial charge in [-0.3, -0.25) is 19.7 Å². The molecule has 0 heterocycles. The van der Waals surface area contributed by atoms with Gasteiger partial charge in [-0.15, -0.1) is 0 Å². The van der Waals surface area contributed by atoms with Crippen LogP contribution < -0.4 is 5.73 Å². The Bertz CT molecular complexity index is 530. The van der Waals surface area contributed by atoms with E-state index < -0.39 is 22.1 Å². The number of benzene rings is 1. The van der Waals surface area contributed by atoms with E-state index in [-0.39, 0.29) is 17.4 Å². The molecule has 0 spiro atoms. The smallest absolute Gasteiger partial charge is 0.287 e. The van der Waals surface area contributed by atoms with Crippen molar-refractivity contribution in [2.45, 2.75) is 0 Å². The van der Waals surface area contributed by atoms with Crippen LogP contribution in [-0.2, 0) is 0 Å². The summed E-state index contributed by atoms with van der Waals surface area (Å²) >= 11 is 0. The van der Waals surface area contributed by atoms with Gasteiger partial charge in [0.25, 0.3) is 5.69 Å². The monoisotopic (exact) mass is 219 g/mol. The van der Waals surface area contributed by atoms with E-state index >= 15 is 0 Å². The molecule has 16 heavy (non-hydrogen) atoms. The minimum Gasteiger partial charge on any atom is -0.366 e. The molecule has 0 aliphatic carbocycles. The number of nitro groups is 1. The van der Waals surface area contributed by atoms with Crippen molar-refractivity contribution in [3.63, 3.8) is 0 Å². The van der Waals surface area contributed by atoms with Gasteiger partial charge in [0.1, 0.15) is 11.6 Å². The topological polar surface area (TPSA) is 127 Å². The second kappa shape index (κ2) is 4.18. The summed E-state index contributed by atoms with van der Waals surface area (Å²) in [6.07, 6.45) is 0.200. The number of nitriles is 1. The largest absolute Gasteiger partial charge is 0.366 e. The highest BCUT2D eigenvalue weighted by atomic mass is 16.6. The third-order valence-electron chi connectivity index (χ3n) is 1.92. The fraction of sp³-hybridized carbons (Fsp3) is 0. The molecule has 1 aromatic rings. The molecular formula is C9H5N3O4. The van der Waals surface area contributed by atoms with Crippen LogP contribution in [0.5, 0.6) is 0 Å². The predicted octanol–water partition coefficient (Wildman–Crippen LogP) is 0.378. The first kappa shape index (κ1) is 11.3.